The molecule has 0 fully saturated rings. The number of methoxy groups -OCH3 is 1. The van der Waals surface area contributed by atoms with Gasteiger partial charge in [0.1, 0.15) is 11.7 Å². The summed E-state index contributed by atoms with van der Waals surface area (Å²) in [4.78, 5) is 26.8. The third-order valence-corrected chi connectivity index (χ3v) is 2.02. The topological polar surface area (TPSA) is 68.3 Å². The Bertz CT molecular complexity index is 404. The highest BCUT2D eigenvalue weighted by Gasteiger charge is 2.17. The highest BCUT2D eigenvalue weighted by atomic mass is 16.5. The van der Waals surface area contributed by atoms with Gasteiger partial charge >= 0.3 is 5.97 Å². The molecule has 0 spiro atoms. The molecule has 0 aliphatic heterocycles. The minimum atomic E-state index is -0.681. The lowest BCUT2D eigenvalue weighted by molar-refractivity contribution is -0.142. The summed E-state index contributed by atoms with van der Waals surface area (Å²) in [5, 5.41) is 2.50. The van der Waals surface area contributed by atoms with Gasteiger partial charge in [0, 0.05) is 5.69 Å². The molecule has 5 nitrogen and oxygen atoms in total. The molecule has 0 bridgehead atoms. The van der Waals surface area contributed by atoms with E-state index in [1.165, 1.54) is 7.11 Å². The first-order valence-corrected chi connectivity index (χ1v) is 4.87. The molecular formula is C11H14N2O3. The molecule has 0 saturated carbocycles. The Hall–Kier alpha value is -1.91. The quantitative estimate of drug-likeness (QED) is 0.764. The minimum Gasteiger partial charge on any atom is -0.467 e. The van der Waals surface area contributed by atoms with Gasteiger partial charge < -0.3 is 10.1 Å². The summed E-state index contributed by atoms with van der Waals surface area (Å²) in [5.41, 5.74) is 1.04. The molecule has 0 aliphatic carbocycles. The predicted molar refractivity (Wildman–Crippen MR) is 57.9 cm³/mol. The van der Waals surface area contributed by atoms with Crippen molar-refractivity contribution in [3.8, 4) is 0 Å². The van der Waals surface area contributed by atoms with Crippen LogP contribution in [0.15, 0.2) is 18.2 Å². The van der Waals surface area contributed by atoms with E-state index >= 15 is 0 Å². The first kappa shape index (κ1) is 12.2. The van der Waals surface area contributed by atoms with E-state index in [0.717, 1.165) is 5.69 Å². The van der Waals surface area contributed by atoms with E-state index in [1.54, 1.807) is 32.0 Å². The van der Waals surface area contributed by atoms with Crippen molar-refractivity contribution in [3.63, 3.8) is 0 Å². The fraction of sp³-hybridized carbons (Fsp3) is 0.364. The van der Waals surface area contributed by atoms with Gasteiger partial charge in [-0.2, -0.15) is 0 Å². The smallest absolute Gasteiger partial charge is 0.328 e. The van der Waals surface area contributed by atoms with Crippen molar-refractivity contribution in [1.29, 1.82) is 0 Å². The number of pyridine rings is 1. The van der Waals surface area contributed by atoms with E-state index in [1.807, 2.05) is 0 Å². The third kappa shape index (κ3) is 3.05. The van der Waals surface area contributed by atoms with E-state index in [2.05, 4.69) is 15.0 Å². The van der Waals surface area contributed by atoms with Gasteiger partial charge in [0.2, 0.25) is 0 Å². The van der Waals surface area contributed by atoms with Gasteiger partial charge in [-0.3, -0.25) is 4.79 Å². The highest BCUT2D eigenvalue weighted by molar-refractivity contribution is 5.95. The summed E-state index contributed by atoms with van der Waals surface area (Å²) < 4.78 is 4.50. The predicted octanol–water partition coefficient (Wildman–Crippen LogP) is 0.681. The summed E-state index contributed by atoms with van der Waals surface area (Å²) in [7, 11) is 1.27. The lowest BCUT2D eigenvalue weighted by atomic mass is 10.2. The normalized spacial score (nSPS) is 11.7. The summed E-state index contributed by atoms with van der Waals surface area (Å²) in [5.74, 6) is -0.873. The molecule has 1 rings (SSSR count). The minimum absolute atomic E-state index is 0.288. The van der Waals surface area contributed by atoms with Crippen LogP contribution in [-0.4, -0.2) is 30.0 Å². The lowest BCUT2D eigenvalue weighted by Gasteiger charge is -2.10. The standard InChI is InChI=1S/C11H14N2O3/c1-7-5-4-6-9(12-7)10(14)13-8(2)11(15)16-3/h4-6,8H,1-3H3,(H,13,14). The molecule has 16 heavy (non-hydrogen) atoms. The fourth-order valence-corrected chi connectivity index (χ4v) is 1.18. The highest BCUT2D eigenvalue weighted by Crippen LogP contribution is 1.99. The van der Waals surface area contributed by atoms with Crippen LogP contribution >= 0.6 is 0 Å². The second-order valence-electron chi connectivity index (χ2n) is 3.38. The average Bonchev–Trinajstić information content (AvgIpc) is 2.27. The van der Waals surface area contributed by atoms with Gasteiger partial charge in [0.15, 0.2) is 0 Å². The van der Waals surface area contributed by atoms with Gasteiger partial charge in [-0.25, -0.2) is 9.78 Å². The molecule has 0 saturated heterocycles. The molecule has 1 amide bonds. The lowest BCUT2D eigenvalue weighted by Crippen LogP contribution is -2.39. The number of rotatable bonds is 3. The van der Waals surface area contributed by atoms with Crippen LogP contribution in [0.1, 0.15) is 23.1 Å². The number of hydrogen-bond donors (Lipinski definition) is 1. The molecule has 1 unspecified atom stereocenters. The Morgan fingerprint density at radius 2 is 2.12 bits per heavy atom. The van der Waals surface area contributed by atoms with Gasteiger partial charge in [-0.15, -0.1) is 0 Å². The Balaban J connectivity index is 2.69. The second kappa shape index (κ2) is 5.25. The van der Waals surface area contributed by atoms with Crippen molar-refractivity contribution >= 4 is 11.9 Å². The molecule has 0 aliphatic rings. The molecule has 1 heterocycles. The summed E-state index contributed by atoms with van der Waals surface area (Å²) >= 11 is 0. The number of aryl methyl sites for hydroxylation is 1. The van der Waals surface area contributed by atoms with Crippen LogP contribution in [-0.2, 0) is 9.53 Å². The van der Waals surface area contributed by atoms with Crippen molar-refractivity contribution in [2.24, 2.45) is 0 Å². The molecule has 86 valence electrons. The van der Waals surface area contributed by atoms with Crippen molar-refractivity contribution in [3.05, 3.63) is 29.6 Å². The Labute approximate surface area is 93.8 Å². The zero-order valence-corrected chi connectivity index (χ0v) is 9.48. The number of carbonyl (C=O) groups excluding carboxylic acids is 2. The van der Waals surface area contributed by atoms with Crippen molar-refractivity contribution in [2.45, 2.75) is 19.9 Å². The molecule has 5 heteroatoms. The van der Waals surface area contributed by atoms with Crippen LogP contribution in [0, 0.1) is 6.92 Å². The van der Waals surface area contributed by atoms with Gasteiger partial charge in [-0.05, 0) is 26.0 Å². The van der Waals surface area contributed by atoms with Crippen LogP contribution < -0.4 is 5.32 Å². The van der Waals surface area contributed by atoms with Crippen molar-refractivity contribution < 1.29 is 14.3 Å². The number of esters is 1. The van der Waals surface area contributed by atoms with E-state index in [-0.39, 0.29) is 11.6 Å². The molecule has 0 radical (unpaired) electrons. The second-order valence-corrected chi connectivity index (χ2v) is 3.38. The van der Waals surface area contributed by atoms with Gasteiger partial charge in [0.05, 0.1) is 7.11 Å². The van der Waals surface area contributed by atoms with Crippen LogP contribution in [0.3, 0.4) is 0 Å². The molecule has 0 aromatic carbocycles. The SMILES string of the molecule is COC(=O)C(C)NC(=O)c1cccc(C)n1. The molecule has 1 aromatic heterocycles. The first-order valence-electron chi connectivity index (χ1n) is 4.87. The molecule has 1 atom stereocenters. The van der Waals surface area contributed by atoms with Crippen LogP contribution in [0.25, 0.3) is 0 Å². The maximum atomic E-state index is 11.6. The van der Waals surface area contributed by atoms with Crippen LogP contribution in [0.5, 0.6) is 0 Å². The average molecular weight is 222 g/mol. The van der Waals surface area contributed by atoms with Crippen LogP contribution in [0.2, 0.25) is 0 Å². The number of carbonyl (C=O) groups is 2. The Morgan fingerprint density at radius 1 is 1.44 bits per heavy atom. The Morgan fingerprint density at radius 3 is 2.69 bits per heavy atom. The number of ether oxygens (including phenoxy) is 1. The van der Waals surface area contributed by atoms with Crippen molar-refractivity contribution in [1.82, 2.24) is 10.3 Å². The number of aromatic nitrogens is 1. The monoisotopic (exact) mass is 222 g/mol. The van der Waals surface area contributed by atoms with Crippen molar-refractivity contribution in [2.75, 3.05) is 7.11 Å². The number of amides is 1. The summed E-state index contributed by atoms with van der Waals surface area (Å²) in [6, 6.07) is 4.44. The fourth-order valence-electron chi connectivity index (χ4n) is 1.18. The van der Waals surface area contributed by atoms with E-state index in [4.69, 9.17) is 0 Å². The number of nitrogens with zero attached hydrogens (tertiary/aromatic N) is 1. The van der Waals surface area contributed by atoms with Gasteiger partial charge in [-0.1, -0.05) is 6.07 Å². The summed E-state index contributed by atoms with van der Waals surface area (Å²) in [6.45, 7) is 3.35. The third-order valence-electron chi connectivity index (χ3n) is 2.02. The molecule has 1 aromatic rings. The molecule has 1 N–H and O–H groups in total. The van der Waals surface area contributed by atoms with E-state index in [0.29, 0.717) is 0 Å². The van der Waals surface area contributed by atoms with Crippen LogP contribution in [0.4, 0.5) is 0 Å². The number of hydrogen-bond acceptors (Lipinski definition) is 4. The zero-order chi connectivity index (χ0) is 12.1. The number of nitrogens with one attached hydrogen (secondary N) is 1. The maximum absolute atomic E-state index is 11.6. The maximum Gasteiger partial charge on any atom is 0.328 e. The zero-order valence-electron chi connectivity index (χ0n) is 9.48. The van der Waals surface area contributed by atoms with Gasteiger partial charge in [0.25, 0.3) is 5.91 Å². The molecular weight excluding hydrogens is 208 g/mol. The van der Waals surface area contributed by atoms with E-state index in [9.17, 15) is 9.59 Å². The summed E-state index contributed by atoms with van der Waals surface area (Å²) in [6.07, 6.45) is 0. The largest absolute Gasteiger partial charge is 0.467 e. The first-order chi connectivity index (χ1) is 7.54. The Kier molecular flexibility index (Phi) is 3.99. The van der Waals surface area contributed by atoms with E-state index < -0.39 is 12.0 Å².